The molecule has 0 radical (unpaired) electrons. The lowest BCUT2D eigenvalue weighted by molar-refractivity contribution is -0.132. The SMILES string of the molecule is O=C(Cc1ccc(-c2n[nH]c(=O)c3ccccc23)cc1)N1CCN(Cc2ccccc2)CC1. The molecule has 0 atom stereocenters. The van der Waals surface area contributed by atoms with E-state index < -0.39 is 0 Å². The Labute approximate surface area is 192 Å². The number of hydrogen-bond donors (Lipinski definition) is 1. The third-order valence-electron chi connectivity index (χ3n) is 6.25. The number of amides is 1. The van der Waals surface area contributed by atoms with Crippen LogP contribution in [-0.2, 0) is 17.8 Å². The number of aromatic amines is 1. The maximum Gasteiger partial charge on any atom is 0.272 e. The zero-order valence-corrected chi connectivity index (χ0v) is 18.4. The topological polar surface area (TPSA) is 69.3 Å². The molecule has 0 unspecified atom stereocenters. The number of H-pyrrole nitrogens is 1. The zero-order chi connectivity index (χ0) is 22.6. The van der Waals surface area contributed by atoms with Crippen LogP contribution in [0.5, 0.6) is 0 Å². The maximum absolute atomic E-state index is 12.9. The maximum atomic E-state index is 12.9. The first-order chi connectivity index (χ1) is 16.2. The quantitative estimate of drug-likeness (QED) is 0.518. The standard InChI is InChI=1S/C27H26N4O2/c32-25(31-16-14-30(15-17-31)19-21-6-2-1-3-7-21)18-20-10-12-22(13-11-20)26-23-8-4-5-9-24(23)27(33)29-28-26/h1-13H,14-19H2,(H,29,33). The minimum atomic E-state index is -0.194. The third kappa shape index (κ3) is 4.71. The lowest BCUT2D eigenvalue weighted by Crippen LogP contribution is -2.48. The molecular weight excluding hydrogens is 412 g/mol. The van der Waals surface area contributed by atoms with Crippen molar-refractivity contribution in [3.8, 4) is 11.3 Å². The van der Waals surface area contributed by atoms with Gasteiger partial charge in [-0.2, -0.15) is 5.10 Å². The first-order valence-electron chi connectivity index (χ1n) is 11.3. The molecule has 1 aromatic heterocycles. The summed E-state index contributed by atoms with van der Waals surface area (Å²) in [5.74, 6) is 0.162. The number of nitrogens with zero attached hydrogens (tertiary/aromatic N) is 3. The fourth-order valence-corrected chi connectivity index (χ4v) is 4.40. The number of nitrogens with one attached hydrogen (secondary N) is 1. The number of rotatable bonds is 5. The van der Waals surface area contributed by atoms with E-state index in [0.29, 0.717) is 11.8 Å². The van der Waals surface area contributed by atoms with Crippen LogP contribution in [-0.4, -0.2) is 52.1 Å². The number of carbonyl (C=O) groups is 1. The van der Waals surface area contributed by atoms with Crippen LogP contribution in [0.3, 0.4) is 0 Å². The molecule has 1 aliphatic heterocycles. The number of carbonyl (C=O) groups excluding carboxylic acids is 1. The van der Waals surface area contributed by atoms with Crippen molar-refractivity contribution in [2.75, 3.05) is 26.2 Å². The predicted molar refractivity (Wildman–Crippen MR) is 130 cm³/mol. The van der Waals surface area contributed by atoms with Gasteiger partial charge in [-0.15, -0.1) is 0 Å². The van der Waals surface area contributed by atoms with Crippen LogP contribution in [0.1, 0.15) is 11.1 Å². The molecule has 1 saturated heterocycles. The van der Waals surface area contributed by atoms with Gasteiger partial charge in [-0.25, -0.2) is 5.10 Å². The summed E-state index contributed by atoms with van der Waals surface area (Å²) in [6, 6.07) is 25.8. The molecule has 1 aliphatic rings. The van der Waals surface area contributed by atoms with Gasteiger partial charge >= 0.3 is 0 Å². The van der Waals surface area contributed by atoms with Gasteiger partial charge in [0.1, 0.15) is 0 Å². The molecule has 0 spiro atoms. The van der Waals surface area contributed by atoms with Crippen molar-refractivity contribution in [2.24, 2.45) is 0 Å². The summed E-state index contributed by atoms with van der Waals surface area (Å²) in [7, 11) is 0. The highest BCUT2D eigenvalue weighted by Gasteiger charge is 2.21. The third-order valence-corrected chi connectivity index (χ3v) is 6.25. The molecule has 5 rings (SSSR count). The van der Waals surface area contributed by atoms with Crippen molar-refractivity contribution in [1.29, 1.82) is 0 Å². The number of fused-ring (bicyclic) bond motifs is 1. The Kier molecular flexibility index (Phi) is 6.00. The summed E-state index contributed by atoms with van der Waals surface area (Å²) < 4.78 is 0. The Balaban J connectivity index is 1.21. The Hall–Kier alpha value is -3.77. The summed E-state index contributed by atoms with van der Waals surface area (Å²) in [5.41, 5.74) is 3.73. The summed E-state index contributed by atoms with van der Waals surface area (Å²) >= 11 is 0. The molecule has 4 aromatic rings. The van der Waals surface area contributed by atoms with Gasteiger partial charge in [0.25, 0.3) is 5.56 Å². The molecule has 1 fully saturated rings. The van der Waals surface area contributed by atoms with Gasteiger partial charge < -0.3 is 4.90 Å². The first kappa shape index (κ1) is 21.1. The molecule has 1 amide bonds. The van der Waals surface area contributed by atoms with E-state index in [1.807, 2.05) is 53.4 Å². The molecule has 6 heteroatoms. The van der Waals surface area contributed by atoms with Crippen LogP contribution in [0.2, 0.25) is 0 Å². The Morgan fingerprint density at radius 1 is 0.788 bits per heavy atom. The highest BCUT2D eigenvalue weighted by atomic mass is 16.2. The average molecular weight is 439 g/mol. The second-order valence-corrected chi connectivity index (χ2v) is 8.46. The molecular formula is C27H26N4O2. The summed E-state index contributed by atoms with van der Waals surface area (Å²) in [6.07, 6.45) is 0.388. The molecule has 0 bridgehead atoms. The molecule has 2 heterocycles. The molecule has 6 nitrogen and oxygen atoms in total. The van der Waals surface area contributed by atoms with E-state index in [1.165, 1.54) is 5.56 Å². The minimum absolute atomic E-state index is 0.162. The van der Waals surface area contributed by atoms with Crippen LogP contribution >= 0.6 is 0 Å². The Bertz CT molecular complexity index is 1310. The first-order valence-corrected chi connectivity index (χ1v) is 11.3. The lowest BCUT2D eigenvalue weighted by Gasteiger charge is -2.34. The van der Waals surface area contributed by atoms with Gasteiger partial charge in [-0.3, -0.25) is 14.5 Å². The van der Waals surface area contributed by atoms with E-state index in [4.69, 9.17) is 0 Å². The van der Waals surface area contributed by atoms with E-state index in [9.17, 15) is 9.59 Å². The molecule has 1 N–H and O–H groups in total. The number of aromatic nitrogens is 2. The summed E-state index contributed by atoms with van der Waals surface area (Å²) in [5, 5.41) is 8.28. The van der Waals surface area contributed by atoms with Crippen molar-refractivity contribution in [3.63, 3.8) is 0 Å². The molecule has 166 valence electrons. The van der Waals surface area contributed by atoms with Gasteiger partial charge in [-0.05, 0) is 17.2 Å². The molecule has 0 saturated carbocycles. The number of hydrogen-bond acceptors (Lipinski definition) is 4. The van der Waals surface area contributed by atoms with Crippen LogP contribution in [0.15, 0.2) is 83.7 Å². The Morgan fingerprint density at radius 3 is 2.18 bits per heavy atom. The predicted octanol–water partition coefficient (Wildman–Crippen LogP) is 3.48. The highest BCUT2D eigenvalue weighted by molar-refractivity contribution is 5.93. The second kappa shape index (κ2) is 9.38. The van der Waals surface area contributed by atoms with Crippen LogP contribution in [0.4, 0.5) is 0 Å². The van der Waals surface area contributed by atoms with Gasteiger partial charge in [-0.1, -0.05) is 72.8 Å². The van der Waals surface area contributed by atoms with Crippen molar-refractivity contribution in [1.82, 2.24) is 20.0 Å². The van der Waals surface area contributed by atoms with E-state index in [-0.39, 0.29) is 11.5 Å². The van der Waals surface area contributed by atoms with Crippen molar-refractivity contribution in [3.05, 3.63) is 100 Å². The Morgan fingerprint density at radius 2 is 1.45 bits per heavy atom. The average Bonchev–Trinajstić information content (AvgIpc) is 2.86. The summed E-state index contributed by atoms with van der Waals surface area (Å²) in [4.78, 5) is 29.3. The number of piperazine rings is 1. The van der Waals surface area contributed by atoms with Crippen molar-refractivity contribution in [2.45, 2.75) is 13.0 Å². The van der Waals surface area contributed by atoms with E-state index in [1.54, 1.807) is 6.07 Å². The molecule has 0 aliphatic carbocycles. The molecule has 3 aromatic carbocycles. The van der Waals surface area contributed by atoms with Crippen LogP contribution < -0.4 is 5.56 Å². The van der Waals surface area contributed by atoms with E-state index in [2.05, 4.69) is 39.4 Å². The second-order valence-electron chi connectivity index (χ2n) is 8.46. The monoisotopic (exact) mass is 438 g/mol. The van der Waals surface area contributed by atoms with Gasteiger partial charge in [0.05, 0.1) is 17.5 Å². The van der Waals surface area contributed by atoms with Crippen LogP contribution in [0.25, 0.3) is 22.0 Å². The van der Waals surface area contributed by atoms with E-state index >= 15 is 0 Å². The van der Waals surface area contributed by atoms with Gasteiger partial charge in [0.2, 0.25) is 5.91 Å². The fourth-order valence-electron chi connectivity index (χ4n) is 4.40. The van der Waals surface area contributed by atoms with Crippen LogP contribution in [0, 0.1) is 0 Å². The lowest BCUT2D eigenvalue weighted by atomic mass is 10.0. The fraction of sp³-hybridized carbons (Fsp3) is 0.222. The van der Waals surface area contributed by atoms with E-state index in [0.717, 1.165) is 54.9 Å². The van der Waals surface area contributed by atoms with Crippen molar-refractivity contribution < 1.29 is 4.79 Å². The number of benzene rings is 3. The highest BCUT2D eigenvalue weighted by Crippen LogP contribution is 2.24. The normalized spacial score (nSPS) is 14.5. The molecule has 33 heavy (non-hydrogen) atoms. The summed E-state index contributed by atoms with van der Waals surface area (Å²) in [6.45, 7) is 4.24. The smallest absolute Gasteiger partial charge is 0.272 e. The largest absolute Gasteiger partial charge is 0.340 e. The minimum Gasteiger partial charge on any atom is -0.340 e. The van der Waals surface area contributed by atoms with Gasteiger partial charge in [0, 0.05) is 43.7 Å². The van der Waals surface area contributed by atoms with Crippen molar-refractivity contribution >= 4 is 16.7 Å². The zero-order valence-electron chi connectivity index (χ0n) is 18.4. The van der Waals surface area contributed by atoms with Gasteiger partial charge in [0.15, 0.2) is 0 Å².